The average Bonchev–Trinajstić information content (AvgIpc) is 1.91. The van der Waals surface area contributed by atoms with Gasteiger partial charge in [0.15, 0.2) is 0 Å². The maximum absolute atomic E-state index is 4.13. The zero-order valence-electron chi connectivity index (χ0n) is 7.43. The molecule has 0 fully saturated rings. The number of aromatic nitrogens is 2. The van der Waals surface area contributed by atoms with Gasteiger partial charge in [0, 0.05) is 21.5 Å². The van der Waals surface area contributed by atoms with Crippen molar-refractivity contribution in [3.05, 3.63) is 16.0 Å². The zero-order chi connectivity index (χ0) is 9.19. The maximum Gasteiger partial charge on any atom is 0.223 e. The molecule has 0 amide bonds. The van der Waals surface area contributed by atoms with E-state index in [4.69, 9.17) is 0 Å². The molecule has 0 spiro atoms. The van der Waals surface area contributed by atoms with Crippen LogP contribution in [-0.2, 0) is 0 Å². The van der Waals surface area contributed by atoms with Crippen LogP contribution in [-0.4, -0.2) is 15.5 Å². The van der Waals surface area contributed by atoms with Gasteiger partial charge in [-0.05, 0) is 43.4 Å². The van der Waals surface area contributed by atoms with Crippen molar-refractivity contribution >= 4 is 28.5 Å². The summed E-state index contributed by atoms with van der Waals surface area (Å²) in [6.07, 6.45) is 3.59. The van der Waals surface area contributed by atoms with Gasteiger partial charge in [-0.15, -0.1) is 0 Å². The van der Waals surface area contributed by atoms with Gasteiger partial charge >= 0.3 is 0 Å². The van der Waals surface area contributed by atoms with Crippen molar-refractivity contribution in [3.8, 4) is 0 Å². The van der Waals surface area contributed by atoms with Crippen molar-refractivity contribution in [2.45, 2.75) is 26.3 Å². The van der Waals surface area contributed by atoms with Crippen LogP contribution in [0.1, 0.15) is 20.8 Å². The van der Waals surface area contributed by atoms with E-state index >= 15 is 0 Å². The van der Waals surface area contributed by atoms with E-state index in [2.05, 4.69) is 58.6 Å². The van der Waals surface area contributed by atoms with Gasteiger partial charge in [0.2, 0.25) is 5.95 Å². The Morgan fingerprint density at radius 1 is 1.25 bits per heavy atom. The van der Waals surface area contributed by atoms with E-state index in [9.17, 15) is 0 Å². The van der Waals surface area contributed by atoms with Crippen LogP contribution in [0.2, 0.25) is 0 Å². The van der Waals surface area contributed by atoms with Crippen molar-refractivity contribution in [2.75, 3.05) is 5.32 Å². The Balaban J connectivity index is 2.71. The molecule has 4 heteroatoms. The molecule has 0 saturated heterocycles. The average molecular weight is 277 g/mol. The number of anilines is 1. The van der Waals surface area contributed by atoms with Crippen LogP contribution < -0.4 is 5.32 Å². The normalized spacial score (nSPS) is 11.3. The Bertz CT molecular complexity index is 250. The molecule has 0 aromatic carbocycles. The maximum atomic E-state index is 4.13. The van der Waals surface area contributed by atoms with E-state index in [0.717, 1.165) is 3.57 Å². The predicted molar refractivity (Wildman–Crippen MR) is 58.1 cm³/mol. The van der Waals surface area contributed by atoms with Crippen LogP contribution in [0.3, 0.4) is 0 Å². The number of hydrogen-bond donors (Lipinski definition) is 1. The first-order valence-electron chi connectivity index (χ1n) is 3.73. The molecule has 0 radical (unpaired) electrons. The van der Waals surface area contributed by atoms with Gasteiger partial charge in [0.05, 0.1) is 0 Å². The third-order valence-corrected chi connectivity index (χ3v) is 1.66. The van der Waals surface area contributed by atoms with Crippen LogP contribution in [0.25, 0.3) is 0 Å². The van der Waals surface area contributed by atoms with Gasteiger partial charge in [-0.3, -0.25) is 0 Å². The fourth-order valence-electron chi connectivity index (χ4n) is 0.712. The summed E-state index contributed by atoms with van der Waals surface area (Å²) in [5.41, 5.74) is 0.0206. The third kappa shape index (κ3) is 3.34. The summed E-state index contributed by atoms with van der Waals surface area (Å²) in [5.74, 6) is 0.683. The Labute approximate surface area is 86.1 Å². The lowest BCUT2D eigenvalue weighted by atomic mass is 10.1. The van der Waals surface area contributed by atoms with Gasteiger partial charge in [-0.1, -0.05) is 0 Å². The molecule has 1 rings (SSSR count). The third-order valence-electron chi connectivity index (χ3n) is 1.11. The summed E-state index contributed by atoms with van der Waals surface area (Å²) in [6, 6.07) is 0. The molecule has 12 heavy (non-hydrogen) atoms. The van der Waals surface area contributed by atoms with Crippen LogP contribution in [0.4, 0.5) is 5.95 Å². The molecule has 66 valence electrons. The summed E-state index contributed by atoms with van der Waals surface area (Å²) < 4.78 is 1.05. The summed E-state index contributed by atoms with van der Waals surface area (Å²) in [5, 5.41) is 3.18. The van der Waals surface area contributed by atoms with E-state index in [0.29, 0.717) is 5.95 Å². The Morgan fingerprint density at radius 3 is 2.17 bits per heavy atom. The Hall–Kier alpha value is -0.390. The summed E-state index contributed by atoms with van der Waals surface area (Å²) in [6.45, 7) is 6.23. The van der Waals surface area contributed by atoms with E-state index in [-0.39, 0.29) is 5.54 Å². The van der Waals surface area contributed by atoms with Gasteiger partial charge in [0.25, 0.3) is 0 Å². The number of nitrogens with one attached hydrogen (secondary N) is 1. The first-order chi connectivity index (χ1) is 5.47. The highest BCUT2D eigenvalue weighted by Gasteiger charge is 2.10. The van der Waals surface area contributed by atoms with Crippen LogP contribution in [0.5, 0.6) is 0 Å². The molecule has 0 unspecified atom stereocenters. The highest BCUT2D eigenvalue weighted by atomic mass is 127. The van der Waals surface area contributed by atoms with Crippen molar-refractivity contribution in [1.82, 2.24) is 9.97 Å². The van der Waals surface area contributed by atoms with Gasteiger partial charge < -0.3 is 5.32 Å². The molecular formula is C8H12IN3. The minimum Gasteiger partial charge on any atom is -0.350 e. The lowest BCUT2D eigenvalue weighted by Gasteiger charge is -2.19. The first kappa shape index (κ1) is 9.70. The number of rotatable bonds is 1. The molecule has 0 atom stereocenters. The fraction of sp³-hybridized carbons (Fsp3) is 0.500. The van der Waals surface area contributed by atoms with Crippen molar-refractivity contribution < 1.29 is 0 Å². The van der Waals surface area contributed by atoms with Crippen molar-refractivity contribution in [3.63, 3.8) is 0 Å². The standard InChI is InChI=1S/C8H12IN3/c1-8(2,3)12-7-10-4-6(9)5-11-7/h4-5H,1-3H3,(H,10,11,12). The largest absolute Gasteiger partial charge is 0.350 e. The van der Waals surface area contributed by atoms with E-state index in [1.54, 1.807) is 12.4 Å². The molecule has 1 aromatic heterocycles. The van der Waals surface area contributed by atoms with Crippen molar-refractivity contribution in [2.24, 2.45) is 0 Å². The van der Waals surface area contributed by atoms with Gasteiger partial charge in [-0.2, -0.15) is 0 Å². The lowest BCUT2D eigenvalue weighted by Crippen LogP contribution is -2.27. The first-order valence-corrected chi connectivity index (χ1v) is 4.81. The fourth-order valence-corrected chi connectivity index (χ4v) is 0.991. The van der Waals surface area contributed by atoms with Crippen molar-refractivity contribution in [1.29, 1.82) is 0 Å². The molecule has 0 saturated carbocycles. The van der Waals surface area contributed by atoms with E-state index in [1.165, 1.54) is 0 Å². The smallest absolute Gasteiger partial charge is 0.223 e. The second kappa shape index (κ2) is 3.55. The number of nitrogens with zero attached hydrogens (tertiary/aromatic N) is 2. The molecule has 1 aromatic rings. The minimum absolute atomic E-state index is 0.0206. The summed E-state index contributed by atoms with van der Waals surface area (Å²) >= 11 is 2.18. The zero-order valence-corrected chi connectivity index (χ0v) is 9.58. The molecule has 0 aliphatic heterocycles. The van der Waals surface area contributed by atoms with Gasteiger partial charge in [0.1, 0.15) is 0 Å². The molecular weight excluding hydrogens is 265 g/mol. The molecule has 1 heterocycles. The van der Waals surface area contributed by atoms with E-state index in [1.807, 2.05) is 0 Å². The highest BCUT2D eigenvalue weighted by Crippen LogP contribution is 2.09. The number of halogens is 1. The van der Waals surface area contributed by atoms with Crippen LogP contribution >= 0.6 is 22.6 Å². The summed E-state index contributed by atoms with van der Waals surface area (Å²) in [7, 11) is 0. The highest BCUT2D eigenvalue weighted by molar-refractivity contribution is 14.1. The lowest BCUT2D eigenvalue weighted by molar-refractivity contribution is 0.626. The Morgan fingerprint density at radius 2 is 1.75 bits per heavy atom. The van der Waals surface area contributed by atoms with Crippen LogP contribution in [0, 0.1) is 3.57 Å². The van der Waals surface area contributed by atoms with Crippen LogP contribution in [0.15, 0.2) is 12.4 Å². The molecule has 0 aliphatic rings. The SMILES string of the molecule is CC(C)(C)Nc1ncc(I)cn1. The topological polar surface area (TPSA) is 37.8 Å². The number of hydrogen-bond acceptors (Lipinski definition) is 3. The second-order valence-corrected chi connectivity index (χ2v) is 4.85. The quantitative estimate of drug-likeness (QED) is 0.800. The molecule has 0 bridgehead atoms. The van der Waals surface area contributed by atoms with E-state index < -0.39 is 0 Å². The second-order valence-electron chi connectivity index (χ2n) is 3.60. The minimum atomic E-state index is 0.0206. The monoisotopic (exact) mass is 277 g/mol. The Kier molecular flexibility index (Phi) is 2.87. The summed E-state index contributed by atoms with van der Waals surface area (Å²) in [4.78, 5) is 8.27. The molecule has 3 nitrogen and oxygen atoms in total. The molecule has 0 aliphatic carbocycles. The predicted octanol–water partition coefficient (Wildman–Crippen LogP) is 2.29. The van der Waals surface area contributed by atoms with Gasteiger partial charge in [-0.25, -0.2) is 9.97 Å². The molecule has 1 N–H and O–H groups in total.